The maximum Gasteiger partial charge on any atom is 0.333 e. The Morgan fingerprint density at radius 1 is 0.895 bits per heavy atom. The summed E-state index contributed by atoms with van der Waals surface area (Å²) in [6.45, 7) is 5.47. The molecule has 1 aliphatic heterocycles. The molecule has 0 spiro atoms. The number of anilines is 1. The molecule has 200 valence electrons. The van der Waals surface area contributed by atoms with E-state index in [1.165, 1.54) is 7.11 Å². The van der Waals surface area contributed by atoms with Crippen LogP contribution < -0.4 is 14.4 Å². The van der Waals surface area contributed by atoms with Crippen LogP contribution in [0.2, 0.25) is 0 Å². The number of esters is 1. The molecule has 0 unspecified atom stereocenters. The molecular formula is C32H37NO5. The summed E-state index contributed by atoms with van der Waals surface area (Å²) < 4.78 is 21.9. The number of methoxy groups -OCH3 is 2. The lowest BCUT2D eigenvalue weighted by Gasteiger charge is -2.26. The van der Waals surface area contributed by atoms with Gasteiger partial charge in [0.15, 0.2) is 0 Å². The van der Waals surface area contributed by atoms with Gasteiger partial charge in [-0.1, -0.05) is 43.7 Å². The van der Waals surface area contributed by atoms with Gasteiger partial charge in [-0.2, -0.15) is 0 Å². The molecule has 4 rings (SSSR count). The van der Waals surface area contributed by atoms with Crippen LogP contribution in [-0.4, -0.2) is 46.6 Å². The van der Waals surface area contributed by atoms with Gasteiger partial charge in [-0.3, -0.25) is 0 Å². The van der Waals surface area contributed by atoms with Crippen LogP contribution in [0.5, 0.6) is 11.5 Å². The van der Waals surface area contributed by atoms with Gasteiger partial charge in [0.2, 0.25) is 0 Å². The van der Waals surface area contributed by atoms with E-state index in [4.69, 9.17) is 18.9 Å². The molecule has 6 heteroatoms. The molecule has 0 aliphatic carbocycles. The summed E-state index contributed by atoms with van der Waals surface area (Å²) in [5, 5.41) is 0. The third-order valence-electron chi connectivity index (χ3n) is 6.63. The van der Waals surface area contributed by atoms with Gasteiger partial charge in [0, 0.05) is 31.0 Å². The second-order valence-corrected chi connectivity index (χ2v) is 9.30. The second-order valence-electron chi connectivity index (χ2n) is 9.30. The zero-order valence-corrected chi connectivity index (χ0v) is 22.6. The van der Waals surface area contributed by atoms with E-state index in [9.17, 15) is 4.79 Å². The zero-order chi connectivity index (χ0) is 26.7. The lowest BCUT2D eigenvalue weighted by Crippen LogP contribution is -2.24. The molecule has 0 bridgehead atoms. The van der Waals surface area contributed by atoms with E-state index >= 15 is 0 Å². The largest absolute Gasteiger partial charge is 0.497 e. The molecule has 38 heavy (non-hydrogen) atoms. The van der Waals surface area contributed by atoms with Gasteiger partial charge >= 0.3 is 5.97 Å². The number of nitrogens with zero attached hydrogens (tertiary/aromatic N) is 1. The number of benzene rings is 3. The third kappa shape index (κ3) is 7.17. The maximum atomic E-state index is 12.5. The predicted octanol–water partition coefficient (Wildman–Crippen LogP) is 6.52. The van der Waals surface area contributed by atoms with Crippen molar-refractivity contribution < 1.29 is 23.7 Å². The number of hydrogen-bond acceptors (Lipinski definition) is 6. The lowest BCUT2D eigenvalue weighted by atomic mass is 10.00. The fourth-order valence-electron chi connectivity index (χ4n) is 4.53. The van der Waals surface area contributed by atoms with Crippen molar-refractivity contribution in [2.75, 3.05) is 45.5 Å². The molecule has 0 N–H and O–H groups in total. The first kappa shape index (κ1) is 27.3. The standard InChI is InChI=1S/C32H37NO5/c1-4-5-17-37-18-19-38-29-12-9-25(10-13-29)26-11-14-31-28(21-26)22-27(32(34)36-3)15-16-33(31)23-24-7-6-8-30(20-24)35-2/h6-14,20-22H,4-5,15-19,23H2,1-3H3. The zero-order valence-electron chi connectivity index (χ0n) is 22.6. The summed E-state index contributed by atoms with van der Waals surface area (Å²) >= 11 is 0. The fourth-order valence-corrected chi connectivity index (χ4v) is 4.53. The Hall–Kier alpha value is -3.77. The van der Waals surface area contributed by atoms with Gasteiger partial charge in [-0.15, -0.1) is 0 Å². The minimum absolute atomic E-state index is 0.287. The summed E-state index contributed by atoms with van der Waals surface area (Å²) in [6, 6.07) is 22.6. The Balaban J connectivity index is 1.54. The Labute approximate surface area is 225 Å². The van der Waals surface area contributed by atoms with E-state index in [0.29, 0.717) is 38.3 Å². The lowest BCUT2D eigenvalue weighted by molar-refractivity contribution is -0.136. The predicted molar refractivity (Wildman–Crippen MR) is 152 cm³/mol. The molecule has 1 heterocycles. The smallest absolute Gasteiger partial charge is 0.333 e. The highest BCUT2D eigenvalue weighted by atomic mass is 16.5. The van der Waals surface area contributed by atoms with Gasteiger partial charge in [-0.05, 0) is 77.6 Å². The topological polar surface area (TPSA) is 57.2 Å². The Bertz CT molecular complexity index is 1230. The van der Waals surface area contributed by atoms with Crippen LogP contribution in [0.15, 0.2) is 72.3 Å². The second kappa shape index (κ2) is 13.7. The SMILES string of the molecule is CCCCOCCOc1ccc(-c2ccc3c(c2)C=C(C(=O)OC)CCN3Cc2cccc(OC)c2)cc1. The molecule has 0 radical (unpaired) electrons. The fraction of sp³-hybridized carbons (Fsp3) is 0.344. The molecular weight excluding hydrogens is 478 g/mol. The molecule has 3 aromatic rings. The molecule has 3 aromatic carbocycles. The van der Waals surface area contributed by atoms with Crippen LogP contribution in [0, 0.1) is 0 Å². The number of fused-ring (bicyclic) bond motifs is 1. The number of unbranched alkanes of at least 4 members (excludes halogenated alkanes) is 1. The number of rotatable bonds is 12. The average molecular weight is 516 g/mol. The van der Waals surface area contributed by atoms with Crippen molar-refractivity contribution in [3.63, 3.8) is 0 Å². The molecule has 6 nitrogen and oxygen atoms in total. The van der Waals surface area contributed by atoms with Gasteiger partial charge in [-0.25, -0.2) is 4.79 Å². The van der Waals surface area contributed by atoms with Crippen molar-refractivity contribution in [2.24, 2.45) is 0 Å². The average Bonchev–Trinajstić information content (AvgIpc) is 3.14. The Kier molecular flexibility index (Phi) is 9.82. The molecule has 1 aliphatic rings. The highest BCUT2D eigenvalue weighted by Gasteiger charge is 2.21. The summed E-state index contributed by atoms with van der Waals surface area (Å²) in [6.07, 6.45) is 4.77. The van der Waals surface area contributed by atoms with Gasteiger partial charge < -0.3 is 23.8 Å². The quantitative estimate of drug-likeness (QED) is 0.202. The first-order valence-corrected chi connectivity index (χ1v) is 13.2. The van der Waals surface area contributed by atoms with Crippen LogP contribution in [-0.2, 0) is 20.8 Å². The van der Waals surface area contributed by atoms with E-state index in [0.717, 1.165) is 58.9 Å². The molecule has 0 saturated carbocycles. The van der Waals surface area contributed by atoms with Crippen molar-refractivity contribution in [2.45, 2.75) is 32.7 Å². The normalized spacial score (nSPS) is 12.8. The highest BCUT2D eigenvalue weighted by molar-refractivity contribution is 5.96. The van der Waals surface area contributed by atoms with E-state index in [1.54, 1.807) is 7.11 Å². The minimum Gasteiger partial charge on any atom is -0.497 e. The summed E-state index contributed by atoms with van der Waals surface area (Å²) in [5.41, 5.74) is 6.04. The first-order chi connectivity index (χ1) is 18.6. The van der Waals surface area contributed by atoms with E-state index in [2.05, 4.69) is 54.3 Å². The summed E-state index contributed by atoms with van der Waals surface area (Å²) in [4.78, 5) is 14.8. The van der Waals surface area contributed by atoms with Crippen molar-refractivity contribution in [1.82, 2.24) is 0 Å². The van der Waals surface area contributed by atoms with Crippen molar-refractivity contribution in [1.29, 1.82) is 0 Å². The van der Waals surface area contributed by atoms with Crippen LogP contribution in [0.1, 0.15) is 37.3 Å². The van der Waals surface area contributed by atoms with E-state index in [1.807, 2.05) is 30.3 Å². The number of carbonyl (C=O) groups excluding carboxylic acids is 1. The van der Waals surface area contributed by atoms with Gasteiger partial charge in [0.1, 0.15) is 18.1 Å². The number of carbonyl (C=O) groups is 1. The minimum atomic E-state index is -0.287. The summed E-state index contributed by atoms with van der Waals surface area (Å²) in [7, 11) is 3.11. The highest BCUT2D eigenvalue weighted by Crippen LogP contribution is 2.34. The maximum absolute atomic E-state index is 12.5. The van der Waals surface area contributed by atoms with Gasteiger partial charge in [0.05, 0.1) is 20.8 Å². The molecule has 0 aromatic heterocycles. The third-order valence-corrected chi connectivity index (χ3v) is 6.63. The Morgan fingerprint density at radius 2 is 1.71 bits per heavy atom. The molecule has 0 fully saturated rings. The molecule has 0 saturated heterocycles. The molecule has 0 atom stereocenters. The summed E-state index contributed by atoms with van der Waals surface area (Å²) in [5.74, 6) is 1.36. The van der Waals surface area contributed by atoms with Crippen LogP contribution in [0.3, 0.4) is 0 Å². The van der Waals surface area contributed by atoms with Crippen molar-refractivity contribution in [3.8, 4) is 22.6 Å². The Morgan fingerprint density at radius 3 is 2.47 bits per heavy atom. The monoisotopic (exact) mass is 515 g/mol. The number of ether oxygens (including phenoxy) is 4. The first-order valence-electron chi connectivity index (χ1n) is 13.2. The van der Waals surface area contributed by atoms with Crippen LogP contribution in [0.25, 0.3) is 17.2 Å². The van der Waals surface area contributed by atoms with E-state index < -0.39 is 0 Å². The van der Waals surface area contributed by atoms with Crippen LogP contribution >= 0.6 is 0 Å². The molecule has 0 amide bonds. The van der Waals surface area contributed by atoms with Crippen molar-refractivity contribution in [3.05, 3.63) is 83.4 Å². The van der Waals surface area contributed by atoms with Gasteiger partial charge in [0.25, 0.3) is 0 Å². The number of hydrogen-bond donors (Lipinski definition) is 0. The van der Waals surface area contributed by atoms with E-state index in [-0.39, 0.29) is 5.97 Å². The van der Waals surface area contributed by atoms with Crippen molar-refractivity contribution >= 4 is 17.7 Å². The van der Waals surface area contributed by atoms with Crippen LogP contribution in [0.4, 0.5) is 5.69 Å².